The third kappa shape index (κ3) is 7.51. The predicted octanol–water partition coefficient (Wildman–Crippen LogP) is 5.45. The fourth-order valence-electron chi connectivity index (χ4n) is 6.38. The molecule has 0 unspecified atom stereocenters. The van der Waals surface area contributed by atoms with E-state index in [0.29, 0.717) is 43.0 Å². The summed E-state index contributed by atoms with van der Waals surface area (Å²) in [6.07, 6.45) is 5.29. The van der Waals surface area contributed by atoms with Crippen molar-refractivity contribution in [2.24, 2.45) is 11.8 Å². The lowest BCUT2D eigenvalue weighted by Gasteiger charge is -2.40. The number of rotatable bonds is 14. The number of benzene rings is 2. The average Bonchev–Trinajstić information content (AvgIpc) is 3.47. The second kappa shape index (κ2) is 14.0. The van der Waals surface area contributed by atoms with Crippen LogP contribution in [0.15, 0.2) is 48.7 Å². The van der Waals surface area contributed by atoms with Crippen LogP contribution in [0.25, 0.3) is 0 Å². The van der Waals surface area contributed by atoms with Gasteiger partial charge in [-0.05, 0) is 91.1 Å². The summed E-state index contributed by atoms with van der Waals surface area (Å²) in [5, 5.41) is 42.4. The van der Waals surface area contributed by atoms with Crippen molar-refractivity contribution >= 4 is 11.6 Å². The molecule has 1 fully saturated rings. The van der Waals surface area contributed by atoms with Crippen molar-refractivity contribution in [1.29, 1.82) is 0 Å². The summed E-state index contributed by atoms with van der Waals surface area (Å²) in [6, 6.07) is 11.9. The SMILES string of the molecule is COc1cc(CC[C@@H](O)[C@H](C(=O)CCc2cc(O)c(O)c(OCC(C)C)c2)C2(c3ccnc(N)c3)CCCC2)ccc1O. The molecule has 2 atom stereocenters. The van der Waals surface area contributed by atoms with E-state index in [4.69, 9.17) is 15.2 Å². The van der Waals surface area contributed by atoms with Crippen molar-refractivity contribution in [3.63, 3.8) is 0 Å². The predicted molar refractivity (Wildman–Crippen MR) is 165 cm³/mol. The van der Waals surface area contributed by atoms with E-state index in [9.17, 15) is 25.2 Å². The van der Waals surface area contributed by atoms with Crippen LogP contribution < -0.4 is 15.2 Å². The van der Waals surface area contributed by atoms with Crippen molar-refractivity contribution in [2.75, 3.05) is 19.5 Å². The van der Waals surface area contributed by atoms with E-state index < -0.39 is 17.4 Å². The lowest BCUT2D eigenvalue weighted by molar-refractivity contribution is -0.130. The van der Waals surface area contributed by atoms with E-state index in [1.54, 1.807) is 30.5 Å². The van der Waals surface area contributed by atoms with Crippen LogP contribution in [0.3, 0.4) is 0 Å². The second-order valence-corrected chi connectivity index (χ2v) is 12.1. The molecule has 9 nitrogen and oxygen atoms in total. The van der Waals surface area contributed by atoms with Crippen molar-refractivity contribution in [1.82, 2.24) is 4.98 Å². The van der Waals surface area contributed by atoms with E-state index in [1.807, 2.05) is 26.0 Å². The summed E-state index contributed by atoms with van der Waals surface area (Å²) in [5.74, 6) is -0.235. The van der Waals surface area contributed by atoms with Crippen LogP contribution >= 0.6 is 0 Å². The summed E-state index contributed by atoms with van der Waals surface area (Å²) in [4.78, 5) is 18.4. The van der Waals surface area contributed by atoms with Crippen LogP contribution in [0.1, 0.15) is 69.1 Å². The maximum absolute atomic E-state index is 14.2. The molecular formula is C34H44N2O7. The number of aliphatic hydroxyl groups excluding tert-OH is 1. The number of hydrogen-bond acceptors (Lipinski definition) is 9. The van der Waals surface area contributed by atoms with E-state index in [1.165, 1.54) is 13.2 Å². The molecule has 0 amide bonds. The topological polar surface area (TPSA) is 155 Å². The molecule has 6 N–H and O–H groups in total. The maximum Gasteiger partial charge on any atom is 0.200 e. The highest BCUT2D eigenvalue weighted by atomic mass is 16.5. The summed E-state index contributed by atoms with van der Waals surface area (Å²) in [6.45, 7) is 4.34. The van der Waals surface area contributed by atoms with Gasteiger partial charge in [0.2, 0.25) is 5.75 Å². The second-order valence-electron chi connectivity index (χ2n) is 12.1. The lowest BCUT2D eigenvalue weighted by atomic mass is 9.64. The number of aromatic nitrogens is 1. The van der Waals surface area contributed by atoms with Gasteiger partial charge in [0.1, 0.15) is 11.6 Å². The number of anilines is 1. The molecule has 4 rings (SSSR count). The number of nitrogen functional groups attached to an aromatic ring is 1. The lowest BCUT2D eigenvalue weighted by Crippen LogP contribution is -2.45. The zero-order valence-corrected chi connectivity index (χ0v) is 25.3. The fourth-order valence-corrected chi connectivity index (χ4v) is 6.38. The molecule has 1 saturated carbocycles. The minimum absolute atomic E-state index is 0.0399. The normalized spacial score (nSPS) is 15.7. The number of nitrogens with zero attached hydrogens (tertiary/aromatic N) is 1. The molecule has 232 valence electrons. The number of hydrogen-bond donors (Lipinski definition) is 5. The number of aromatic hydroxyl groups is 3. The molecule has 0 aliphatic heterocycles. The number of pyridine rings is 1. The highest BCUT2D eigenvalue weighted by Crippen LogP contribution is 2.49. The standard InChI is InChI=1S/C34H44N2O7/c1-21(2)20-43-30-18-23(16-28(40)33(30)41)8-11-27(39)32(26(38)10-7-22-6-9-25(37)29(17-22)42-3)34(13-4-5-14-34)24-12-15-36-31(35)19-24/h6,9,12,15-19,21,26,32,37-38,40-41H,4-5,7-8,10-11,13-14,20H2,1-3H3,(H2,35,36)/t26-,32-/m1/s1. The van der Waals surface area contributed by atoms with Crippen LogP contribution in [0, 0.1) is 11.8 Å². The Morgan fingerprint density at radius 1 is 0.977 bits per heavy atom. The minimum atomic E-state index is -0.946. The van der Waals surface area contributed by atoms with Gasteiger partial charge in [-0.3, -0.25) is 4.79 Å². The Labute approximate surface area is 253 Å². The molecule has 3 aromatic rings. The molecule has 2 aromatic carbocycles. The van der Waals surface area contributed by atoms with Gasteiger partial charge in [0.25, 0.3) is 0 Å². The molecule has 0 radical (unpaired) electrons. The Morgan fingerprint density at radius 3 is 2.37 bits per heavy atom. The van der Waals surface area contributed by atoms with Gasteiger partial charge in [-0.25, -0.2) is 4.98 Å². The third-order valence-electron chi connectivity index (χ3n) is 8.50. The Morgan fingerprint density at radius 2 is 1.70 bits per heavy atom. The smallest absolute Gasteiger partial charge is 0.200 e. The quantitative estimate of drug-likeness (QED) is 0.154. The molecule has 1 aliphatic rings. The fraction of sp³-hybridized carbons (Fsp3) is 0.471. The molecule has 1 aromatic heterocycles. The zero-order valence-electron chi connectivity index (χ0n) is 25.3. The van der Waals surface area contributed by atoms with Gasteiger partial charge in [-0.2, -0.15) is 0 Å². The van der Waals surface area contributed by atoms with Crippen LogP contribution in [0.5, 0.6) is 28.7 Å². The number of methoxy groups -OCH3 is 1. The largest absolute Gasteiger partial charge is 0.504 e. The summed E-state index contributed by atoms with van der Waals surface area (Å²) in [7, 11) is 1.49. The molecule has 0 saturated heterocycles. The molecule has 1 heterocycles. The van der Waals surface area contributed by atoms with Gasteiger partial charge >= 0.3 is 0 Å². The van der Waals surface area contributed by atoms with Gasteiger partial charge < -0.3 is 35.6 Å². The first kappa shape index (κ1) is 31.9. The molecule has 0 bridgehead atoms. The zero-order chi connectivity index (χ0) is 31.1. The van der Waals surface area contributed by atoms with E-state index in [2.05, 4.69) is 4.98 Å². The Balaban J connectivity index is 1.62. The molecule has 1 aliphatic carbocycles. The monoisotopic (exact) mass is 592 g/mol. The first-order valence-corrected chi connectivity index (χ1v) is 15.0. The van der Waals surface area contributed by atoms with E-state index in [-0.39, 0.29) is 41.1 Å². The van der Waals surface area contributed by atoms with Gasteiger partial charge in [-0.15, -0.1) is 0 Å². The van der Waals surface area contributed by atoms with Crippen LogP contribution in [-0.4, -0.2) is 51.0 Å². The van der Waals surface area contributed by atoms with Gasteiger partial charge in [0, 0.05) is 18.0 Å². The molecule has 9 heteroatoms. The maximum atomic E-state index is 14.2. The highest BCUT2D eigenvalue weighted by molar-refractivity contribution is 5.84. The number of ketones is 1. The first-order valence-electron chi connectivity index (χ1n) is 15.0. The highest BCUT2D eigenvalue weighted by Gasteiger charge is 2.49. The Hall–Kier alpha value is -3.98. The van der Waals surface area contributed by atoms with Crippen LogP contribution in [0.4, 0.5) is 5.82 Å². The number of nitrogens with two attached hydrogens (primary N) is 1. The molecular weight excluding hydrogens is 548 g/mol. The van der Waals surface area contributed by atoms with Crippen LogP contribution in [0.2, 0.25) is 0 Å². The average molecular weight is 593 g/mol. The minimum Gasteiger partial charge on any atom is -0.504 e. The number of phenolic OH excluding ortho intramolecular Hbond substituents is 3. The Kier molecular flexibility index (Phi) is 10.4. The van der Waals surface area contributed by atoms with Gasteiger partial charge in [0.05, 0.1) is 25.7 Å². The number of aryl methyl sites for hydroxylation is 2. The van der Waals surface area contributed by atoms with Crippen molar-refractivity contribution in [2.45, 2.75) is 76.7 Å². The summed E-state index contributed by atoms with van der Waals surface area (Å²) < 4.78 is 10.9. The van der Waals surface area contributed by atoms with Crippen molar-refractivity contribution in [3.8, 4) is 28.7 Å². The number of carbonyl (C=O) groups is 1. The number of Topliss-reactive ketones (excluding diaryl/α,β-unsaturated/α-hetero) is 1. The van der Waals surface area contributed by atoms with Gasteiger partial charge in [0.15, 0.2) is 23.0 Å². The number of aliphatic hydroxyl groups is 1. The van der Waals surface area contributed by atoms with Crippen LogP contribution in [-0.2, 0) is 23.1 Å². The van der Waals surface area contributed by atoms with Crippen molar-refractivity contribution in [3.05, 3.63) is 65.4 Å². The Bertz CT molecular complexity index is 1400. The molecule has 0 spiro atoms. The summed E-state index contributed by atoms with van der Waals surface area (Å²) in [5.41, 5.74) is 7.93. The van der Waals surface area contributed by atoms with Crippen molar-refractivity contribution < 1.29 is 34.7 Å². The van der Waals surface area contributed by atoms with Gasteiger partial charge in [-0.1, -0.05) is 32.8 Å². The summed E-state index contributed by atoms with van der Waals surface area (Å²) >= 11 is 0. The first-order chi connectivity index (χ1) is 20.5. The molecule has 43 heavy (non-hydrogen) atoms. The number of carbonyl (C=O) groups excluding carboxylic acids is 1. The number of phenols is 3. The van der Waals surface area contributed by atoms with E-state index >= 15 is 0 Å². The third-order valence-corrected chi connectivity index (χ3v) is 8.50. The number of ether oxygens (including phenoxy) is 2. The van der Waals surface area contributed by atoms with E-state index in [0.717, 1.165) is 36.8 Å².